The first kappa shape index (κ1) is 12.9. The van der Waals surface area contributed by atoms with Gasteiger partial charge in [0, 0.05) is 5.54 Å². The summed E-state index contributed by atoms with van der Waals surface area (Å²) < 4.78 is 0. The smallest absolute Gasteiger partial charge is 0.0189 e. The van der Waals surface area contributed by atoms with Crippen LogP contribution in [0.3, 0.4) is 0 Å². The highest BCUT2D eigenvalue weighted by atomic mass is 15.0. The standard InChI is InChI=1S/C19H27N/c1-14-2-4-15(5-3-14)6-7-20-19-11-16-8-17(12-19)10-18(9-16)13-19/h2-5,16-18,20H,6-13H2,1H3. The third-order valence-corrected chi connectivity index (χ3v) is 6.07. The molecule has 4 saturated carbocycles. The first-order chi connectivity index (χ1) is 9.71. The molecule has 0 atom stereocenters. The van der Waals surface area contributed by atoms with Crippen LogP contribution in [0.25, 0.3) is 0 Å². The monoisotopic (exact) mass is 269 g/mol. The van der Waals surface area contributed by atoms with Gasteiger partial charge in [-0.3, -0.25) is 0 Å². The Labute approximate surface area is 123 Å². The SMILES string of the molecule is Cc1ccc(CCNC23CC4CC(CC(C4)C2)C3)cc1. The second-order valence-electron chi connectivity index (χ2n) is 7.86. The second kappa shape index (κ2) is 4.87. The van der Waals surface area contributed by atoms with E-state index in [1.807, 2.05) is 0 Å². The summed E-state index contributed by atoms with van der Waals surface area (Å²) in [5.41, 5.74) is 3.37. The highest BCUT2D eigenvalue weighted by Crippen LogP contribution is 2.55. The molecule has 0 aliphatic heterocycles. The Morgan fingerprint density at radius 1 is 0.950 bits per heavy atom. The average Bonchev–Trinajstić information content (AvgIpc) is 2.39. The summed E-state index contributed by atoms with van der Waals surface area (Å²) in [5, 5.41) is 3.99. The van der Waals surface area contributed by atoms with E-state index in [1.54, 1.807) is 0 Å². The maximum Gasteiger partial charge on any atom is 0.0189 e. The first-order valence-electron chi connectivity index (χ1n) is 8.51. The molecule has 108 valence electrons. The Morgan fingerprint density at radius 3 is 2.05 bits per heavy atom. The lowest BCUT2D eigenvalue weighted by atomic mass is 9.53. The first-order valence-corrected chi connectivity index (χ1v) is 8.51. The zero-order valence-electron chi connectivity index (χ0n) is 12.7. The molecule has 5 rings (SSSR count). The normalized spacial score (nSPS) is 38.4. The molecule has 0 spiro atoms. The van der Waals surface area contributed by atoms with E-state index in [0.717, 1.165) is 24.3 Å². The van der Waals surface area contributed by atoms with Crippen LogP contribution in [0.15, 0.2) is 24.3 Å². The van der Waals surface area contributed by atoms with E-state index in [2.05, 4.69) is 36.5 Å². The predicted octanol–water partition coefficient (Wildman–Crippen LogP) is 4.10. The molecule has 4 fully saturated rings. The number of aryl methyl sites for hydroxylation is 1. The van der Waals surface area contributed by atoms with Gasteiger partial charge in [0.25, 0.3) is 0 Å². The minimum absolute atomic E-state index is 0.527. The van der Waals surface area contributed by atoms with E-state index >= 15 is 0 Å². The highest BCUT2D eigenvalue weighted by molar-refractivity contribution is 5.21. The summed E-state index contributed by atoms with van der Waals surface area (Å²) in [6.45, 7) is 3.33. The maximum absolute atomic E-state index is 3.99. The maximum atomic E-state index is 3.99. The van der Waals surface area contributed by atoms with Gasteiger partial charge in [0.15, 0.2) is 0 Å². The largest absolute Gasteiger partial charge is 0.311 e. The summed E-state index contributed by atoms with van der Waals surface area (Å²) >= 11 is 0. The van der Waals surface area contributed by atoms with Crippen LogP contribution < -0.4 is 5.32 Å². The molecule has 1 N–H and O–H groups in total. The Morgan fingerprint density at radius 2 is 1.50 bits per heavy atom. The van der Waals surface area contributed by atoms with Gasteiger partial charge in [-0.15, -0.1) is 0 Å². The molecule has 0 amide bonds. The molecular formula is C19H27N. The predicted molar refractivity (Wildman–Crippen MR) is 83.8 cm³/mol. The van der Waals surface area contributed by atoms with Gasteiger partial charge in [0.05, 0.1) is 0 Å². The number of hydrogen-bond acceptors (Lipinski definition) is 1. The fourth-order valence-electron chi connectivity index (χ4n) is 5.55. The summed E-state index contributed by atoms with van der Waals surface area (Å²) in [6.07, 6.45) is 10.2. The lowest BCUT2D eigenvalue weighted by Crippen LogP contribution is -2.58. The van der Waals surface area contributed by atoms with Crippen molar-refractivity contribution in [3.8, 4) is 0 Å². The van der Waals surface area contributed by atoms with E-state index in [4.69, 9.17) is 0 Å². The van der Waals surface area contributed by atoms with Gasteiger partial charge >= 0.3 is 0 Å². The van der Waals surface area contributed by atoms with E-state index in [9.17, 15) is 0 Å². The number of benzene rings is 1. The highest BCUT2D eigenvalue weighted by Gasteiger charge is 2.50. The van der Waals surface area contributed by atoms with Crippen molar-refractivity contribution in [3.05, 3.63) is 35.4 Å². The zero-order chi connectivity index (χ0) is 13.6. The molecule has 0 unspecified atom stereocenters. The Bertz CT molecular complexity index is 438. The average molecular weight is 269 g/mol. The Kier molecular flexibility index (Phi) is 3.14. The number of rotatable bonds is 4. The van der Waals surface area contributed by atoms with Crippen molar-refractivity contribution in [3.63, 3.8) is 0 Å². The number of nitrogens with one attached hydrogen (secondary N) is 1. The van der Waals surface area contributed by atoms with Crippen molar-refractivity contribution in [2.75, 3.05) is 6.54 Å². The molecule has 1 nitrogen and oxygen atoms in total. The lowest BCUT2D eigenvalue weighted by Gasteiger charge is -2.57. The summed E-state index contributed by atoms with van der Waals surface area (Å²) in [7, 11) is 0. The second-order valence-corrected chi connectivity index (χ2v) is 7.86. The van der Waals surface area contributed by atoms with Gasteiger partial charge in [-0.05, 0) is 81.7 Å². The van der Waals surface area contributed by atoms with Gasteiger partial charge in [-0.2, -0.15) is 0 Å². The number of hydrogen-bond donors (Lipinski definition) is 1. The zero-order valence-corrected chi connectivity index (χ0v) is 12.7. The van der Waals surface area contributed by atoms with Gasteiger partial charge in [-0.25, -0.2) is 0 Å². The molecule has 4 aliphatic carbocycles. The summed E-state index contributed by atoms with van der Waals surface area (Å²) in [6, 6.07) is 9.05. The molecule has 0 aromatic heterocycles. The molecule has 1 heteroatoms. The molecule has 0 heterocycles. The fourth-order valence-corrected chi connectivity index (χ4v) is 5.55. The molecule has 1 aromatic rings. The molecule has 4 aliphatic rings. The Hall–Kier alpha value is -0.820. The van der Waals surface area contributed by atoms with Crippen LogP contribution in [0.4, 0.5) is 0 Å². The quantitative estimate of drug-likeness (QED) is 0.868. The minimum Gasteiger partial charge on any atom is -0.311 e. The summed E-state index contributed by atoms with van der Waals surface area (Å²) in [4.78, 5) is 0. The van der Waals surface area contributed by atoms with Crippen LogP contribution in [0.2, 0.25) is 0 Å². The van der Waals surface area contributed by atoms with Crippen molar-refractivity contribution >= 4 is 0 Å². The van der Waals surface area contributed by atoms with E-state index in [-0.39, 0.29) is 0 Å². The van der Waals surface area contributed by atoms with E-state index in [1.165, 1.54) is 56.1 Å². The van der Waals surface area contributed by atoms with Crippen LogP contribution in [0.1, 0.15) is 49.7 Å². The van der Waals surface area contributed by atoms with E-state index < -0.39 is 0 Å². The molecule has 4 bridgehead atoms. The van der Waals surface area contributed by atoms with Gasteiger partial charge in [-0.1, -0.05) is 29.8 Å². The summed E-state index contributed by atoms with van der Waals surface area (Å²) in [5.74, 6) is 3.15. The van der Waals surface area contributed by atoms with Crippen LogP contribution in [-0.2, 0) is 6.42 Å². The van der Waals surface area contributed by atoms with Crippen LogP contribution in [0, 0.1) is 24.7 Å². The Balaban J connectivity index is 1.36. The van der Waals surface area contributed by atoms with Gasteiger partial charge < -0.3 is 5.32 Å². The molecule has 0 radical (unpaired) electrons. The molecular weight excluding hydrogens is 242 g/mol. The molecule has 0 saturated heterocycles. The molecule has 20 heavy (non-hydrogen) atoms. The topological polar surface area (TPSA) is 12.0 Å². The minimum atomic E-state index is 0.527. The van der Waals surface area contributed by atoms with Crippen LogP contribution in [0.5, 0.6) is 0 Å². The third-order valence-electron chi connectivity index (χ3n) is 6.07. The third kappa shape index (κ3) is 2.41. The van der Waals surface area contributed by atoms with Crippen LogP contribution in [-0.4, -0.2) is 12.1 Å². The molecule has 1 aromatic carbocycles. The van der Waals surface area contributed by atoms with Gasteiger partial charge in [0.1, 0.15) is 0 Å². The van der Waals surface area contributed by atoms with Crippen molar-refractivity contribution in [2.45, 2.75) is 57.4 Å². The fraction of sp³-hybridized carbons (Fsp3) is 0.684. The van der Waals surface area contributed by atoms with Crippen molar-refractivity contribution < 1.29 is 0 Å². The lowest BCUT2D eigenvalue weighted by molar-refractivity contribution is -0.0192. The van der Waals surface area contributed by atoms with Gasteiger partial charge in [0.2, 0.25) is 0 Å². The van der Waals surface area contributed by atoms with Crippen molar-refractivity contribution in [2.24, 2.45) is 17.8 Å². The van der Waals surface area contributed by atoms with Crippen molar-refractivity contribution in [1.82, 2.24) is 5.32 Å². The van der Waals surface area contributed by atoms with Crippen molar-refractivity contribution in [1.29, 1.82) is 0 Å². The van der Waals surface area contributed by atoms with Crippen LogP contribution >= 0.6 is 0 Å². The van der Waals surface area contributed by atoms with E-state index in [0.29, 0.717) is 5.54 Å².